The number of aromatic nitrogens is 1. The normalized spacial score (nSPS) is 22.9. The number of nitrogen functional groups attached to an aromatic ring is 1. The minimum atomic E-state index is -0.436. The van der Waals surface area contributed by atoms with Gasteiger partial charge in [0.05, 0.1) is 29.8 Å². The molecule has 0 unspecified atom stereocenters. The highest BCUT2D eigenvalue weighted by Gasteiger charge is 2.38. The van der Waals surface area contributed by atoms with Crippen molar-refractivity contribution in [2.75, 3.05) is 36.9 Å². The molecule has 0 radical (unpaired) electrons. The maximum Gasteiger partial charge on any atom is 0.410 e. The first-order valence-corrected chi connectivity index (χ1v) is 5.74. The maximum absolute atomic E-state index is 13.8. The lowest BCUT2D eigenvalue weighted by atomic mass is 10.1. The zero-order chi connectivity index (χ0) is 12.7. The minimum absolute atomic E-state index is 0.0294. The number of fused-ring (bicyclic) bond motifs is 1. The Morgan fingerprint density at radius 2 is 2.28 bits per heavy atom. The van der Waals surface area contributed by atoms with Crippen LogP contribution in [0.5, 0.6) is 0 Å². The predicted molar refractivity (Wildman–Crippen MR) is 62.7 cm³/mol. The number of nitrogens with zero attached hydrogens (tertiary/aromatic N) is 3. The van der Waals surface area contributed by atoms with E-state index in [0.717, 1.165) is 6.20 Å². The average molecular weight is 252 g/mol. The van der Waals surface area contributed by atoms with Crippen LogP contribution in [0.3, 0.4) is 0 Å². The first-order valence-electron chi connectivity index (χ1n) is 5.74. The number of anilines is 2. The molecule has 0 saturated carbocycles. The number of ether oxygens (including phenoxy) is 1. The number of piperazine rings is 1. The van der Waals surface area contributed by atoms with E-state index in [1.165, 1.54) is 6.20 Å². The van der Waals surface area contributed by atoms with E-state index in [-0.39, 0.29) is 12.1 Å². The number of pyridine rings is 1. The van der Waals surface area contributed by atoms with Crippen molar-refractivity contribution in [3.8, 4) is 0 Å². The van der Waals surface area contributed by atoms with Crippen molar-refractivity contribution in [1.82, 2.24) is 9.88 Å². The Morgan fingerprint density at radius 1 is 1.44 bits per heavy atom. The summed E-state index contributed by atoms with van der Waals surface area (Å²) in [6.07, 6.45) is 2.29. The number of hydrogen-bond acceptors (Lipinski definition) is 5. The van der Waals surface area contributed by atoms with Gasteiger partial charge in [0.25, 0.3) is 0 Å². The number of amides is 1. The molecule has 2 N–H and O–H groups in total. The molecular weight excluding hydrogens is 239 g/mol. The largest absolute Gasteiger partial charge is 0.447 e. The van der Waals surface area contributed by atoms with Crippen molar-refractivity contribution >= 4 is 17.5 Å². The number of halogens is 1. The first kappa shape index (κ1) is 11.1. The van der Waals surface area contributed by atoms with Crippen LogP contribution < -0.4 is 10.6 Å². The van der Waals surface area contributed by atoms with Crippen molar-refractivity contribution in [2.45, 2.75) is 6.04 Å². The molecule has 2 aliphatic heterocycles. The van der Waals surface area contributed by atoms with Gasteiger partial charge in [-0.2, -0.15) is 0 Å². The molecule has 1 atom stereocenters. The standard InChI is InChI=1S/C11H13FN4O2/c12-8-3-14-4-9(13)10(8)15-1-2-16-7(5-15)6-18-11(16)17/h3-4,7H,1-2,5-6,13H2/t7-/m1/s1. The van der Waals surface area contributed by atoms with E-state index in [0.29, 0.717) is 37.6 Å². The lowest BCUT2D eigenvalue weighted by Gasteiger charge is -2.37. The molecule has 3 rings (SSSR count). The van der Waals surface area contributed by atoms with Gasteiger partial charge in [-0.15, -0.1) is 0 Å². The van der Waals surface area contributed by atoms with Crippen molar-refractivity contribution < 1.29 is 13.9 Å². The van der Waals surface area contributed by atoms with E-state index in [1.807, 2.05) is 4.90 Å². The third kappa shape index (κ3) is 1.62. The van der Waals surface area contributed by atoms with Gasteiger partial charge in [0, 0.05) is 19.6 Å². The predicted octanol–water partition coefficient (Wildman–Crippen LogP) is 0.444. The highest BCUT2D eigenvalue weighted by atomic mass is 19.1. The summed E-state index contributed by atoms with van der Waals surface area (Å²) in [6.45, 7) is 1.93. The summed E-state index contributed by atoms with van der Waals surface area (Å²) in [5.41, 5.74) is 6.44. The molecule has 3 heterocycles. The summed E-state index contributed by atoms with van der Waals surface area (Å²) >= 11 is 0. The van der Waals surface area contributed by atoms with E-state index in [1.54, 1.807) is 4.90 Å². The Hall–Kier alpha value is -2.05. The van der Waals surface area contributed by atoms with E-state index in [9.17, 15) is 9.18 Å². The van der Waals surface area contributed by atoms with Gasteiger partial charge in [-0.1, -0.05) is 0 Å². The van der Waals surface area contributed by atoms with Gasteiger partial charge in [-0.25, -0.2) is 9.18 Å². The second kappa shape index (κ2) is 4.01. The van der Waals surface area contributed by atoms with Gasteiger partial charge in [0.1, 0.15) is 6.61 Å². The topological polar surface area (TPSA) is 71.7 Å². The summed E-state index contributed by atoms with van der Waals surface area (Å²) in [4.78, 5) is 18.6. The fourth-order valence-corrected chi connectivity index (χ4v) is 2.47. The second-order valence-electron chi connectivity index (χ2n) is 4.43. The number of carbonyl (C=O) groups is 1. The van der Waals surface area contributed by atoms with Crippen LogP contribution in [0.15, 0.2) is 12.4 Å². The number of nitrogens with two attached hydrogens (primary N) is 1. The van der Waals surface area contributed by atoms with Crippen LogP contribution >= 0.6 is 0 Å². The third-order valence-corrected chi connectivity index (χ3v) is 3.33. The Bertz CT molecular complexity index is 476. The highest BCUT2D eigenvalue weighted by molar-refractivity contribution is 5.72. The summed E-state index contributed by atoms with van der Waals surface area (Å²) in [6, 6.07) is -0.0294. The van der Waals surface area contributed by atoms with Gasteiger partial charge in [0.2, 0.25) is 0 Å². The lowest BCUT2D eigenvalue weighted by molar-refractivity contribution is 0.157. The van der Waals surface area contributed by atoms with Gasteiger partial charge in [-0.05, 0) is 0 Å². The summed E-state index contributed by atoms with van der Waals surface area (Å²) in [7, 11) is 0. The molecule has 6 nitrogen and oxygen atoms in total. The molecule has 2 aliphatic rings. The molecule has 0 bridgehead atoms. The monoisotopic (exact) mass is 252 g/mol. The number of cyclic esters (lactones) is 1. The molecule has 0 aromatic carbocycles. The molecule has 7 heteroatoms. The average Bonchev–Trinajstić information content (AvgIpc) is 2.71. The molecule has 1 aromatic rings. The summed E-state index contributed by atoms with van der Waals surface area (Å²) in [5.74, 6) is -0.436. The van der Waals surface area contributed by atoms with Crippen LogP contribution in [0.1, 0.15) is 0 Å². The lowest BCUT2D eigenvalue weighted by Crippen LogP contribution is -2.52. The van der Waals surface area contributed by atoms with E-state index in [2.05, 4.69) is 4.98 Å². The van der Waals surface area contributed by atoms with Crippen LogP contribution in [0, 0.1) is 5.82 Å². The quantitative estimate of drug-likeness (QED) is 0.785. The van der Waals surface area contributed by atoms with Crippen molar-refractivity contribution in [1.29, 1.82) is 0 Å². The molecule has 1 amide bonds. The number of hydrogen-bond donors (Lipinski definition) is 1. The number of rotatable bonds is 1. The minimum Gasteiger partial charge on any atom is -0.447 e. The zero-order valence-electron chi connectivity index (χ0n) is 9.67. The maximum atomic E-state index is 13.8. The van der Waals surface area contributed by atoms with Crippen LogP contribution in [0.25, 0.3) is 0 Å². The summed E-state index contributed by atoms with van der Waals surface area (Å²) < 4.78 is 18.7. The van der Waals surface area contributed by atoms with E-state index < -0.39 is 5.82 Å². The van der Waals surface area contributed by atoms with Gasteiger partial charge in [0.15, 0.2) is 5.82 Å². The molecule has 2 fully saturated rings. The molecular formula is C11H13FN4O2. The number of carbonyl (C=O) groups excluding carboxylic acids is 1. The van der Waals surface area contributed by atoms with Crippen LogP contribution in [0.2, 0.25) is 0 Å². The van der Waals surface area contributed by atoms with Crippen molar-refractivity contribution in [3.63, 3.8) is 0 Å². The Kier molecular flexibility index (Phi) is 2.46. The summed E-state index contributed by atoms with van der Waals surface area (Å²) in [5, 5.41) is 0. The smallest absolute Gasteiger partial charge is 0.410 e. The molecule has 0 spiro atoms. The van der Waals surface area contributed by atoms with Gasteiger partial charge in [-0.3, -0.25) is 9.88 Å². The van der Waals surface area contributed by atoms with Crippen LogP contribution in [-0.2, 0) is 4.74 Å². The van der Waals surface area contributed by atoms with Gasteiger partial charge >= 0.3 is 6.09 Å². The van der Waals surface area contributed by atoms with Crippen molar-refractivity contribution in [2.24, 2.45) is 0 Å². The second-order valence-corrected chi connectivity index (χ2v) is 4.43. The first-order chi connectivity index (χ1) is 8.66. The third-order valence-electron chi connectivity index (χ3n) is 3.33. The Labute approximate surface area is 103 Å². The highest BCUT2D eigenvalue weighted by Crippen LogP contribution is 2.29. The van der Waals surface area contributed by atoms with E-state index in [4.69, 9.17) is 10.5 Å². The molecule has 96 valence electrons. The SMILES string of the molecule is Nc1cncc(F)c1N1CCN2C(=O)OC[C@H]2C1. The zero-order valence-corrected chi connectivity index (χ0v) is 9.67. The molecule has 0 aliphatic carbocycles. The molecule has 2 saturated heterocycles. The van der Waals surface area contributed by atoms with Gasteiger partial charge < -0.3 is 15.4 Å². The van der Waals surface area contributed by atoms with E-state index >= 15 is 0 Å². The van der Waals surface area contributed by atoms with Crippen LogP contribution in [0.4, 0.5) is 20.6 Å². The molecule has 1 aromatic heterocycles. The molecule has 18 heavy (non-hydrogen) atoms. The Balaban J connectivity index is 1.85. The van der Waals surface area contributed by atoms with Crippen molar-refractivity contribution in [3.05, 3.63) is 18.2 Å². The van der Waals surface area contributed by atoms with Crippen LogP contribution in [-0.4, -0.2) is 48.3 Å². The fraction of sp³-hybridized carbons (Fsp3) is 0.455. The fourth-order valence-electron chi connectivity index (χ4n) is 2.47. The Morgan fingerprint density at radius 3 is 3.06 bits per heavy atom.